The fourth-order valence-corrected chi connectivity index (χ4v) is 4.13. The maximum Gasteiger partial charge on any atom is 0.331 e. The summed E-state index contributed by atoms with van der Waals surface area (Å²) in [6, 6.07) is 3.37. The van der Waals surface area contributed by atoms with Gasteiger partial charge in [0.05, 0.1) is 25.9 Å². The van der Waals surface area contributed by atoms with Gasteiger partial charge in [-0.3, -0.25) is 4.79 Å². The number of methoxy groups -OCH3 is 1. The summed E-state index contributed by atoms with van der Waals surface area (Å²) in [6.07, 6.45) is 0.319. The summed E-state index contributed by atoms with van der Waals surface area (Å²) in [7, 11) is 1.66. The third-order valence-electron chi connectivity index (χ3n) is 6.68. The Labute approximate surface area is 200 Å². The zero-order valence-corrected chi connectivity index (χ0v) is 20.5. The van der Waals surface area contributed by atoms with Gasteiger partial charge < -0.3 is 29.2 Å². The molecular formula is C24H36FN3O6. The largest absolute Gasteiger partial charge is 0.476 e. The Morgan fingerprint density at radius 1 is 1.26 bits per heavy atom. The lowest BCUT2D eigenvalue weighted by Gasteiger charge is -2.40. The highest BCUT2D eigenvalue weighted by Gasteiger charge is 2.39. The first-order valence-electron chi connectivity index (χ1n) is 12.0. The Hall–Kier alpha value is -2.46. The number of aromatic nitrogens is 1. The van der Waals surface area contributed by atoms with Gasteiger partial charge in [-0.15, -0.1) is 0 Å². The predicted octanol–water partition coefficient (Wildman–Crippen LogP) is 2.52. The number of carbonyl (C=O) groups is 2. The van der Waals surface area contributed by atoms with E-state index in [0.717, 1.165) is 5.69 Å². The summed E-state index contributed by atoms with van der Waals surface area (Å²) >= 11 is 0. The summed E-state index contributed by atoms with van der Waals surface area (Å²) in [4.78, 5) is 32.2. The lowest BCUT2D eigenvalue weighted by atomic mass is 9.92. The number of nitrogens with one attached hydrogen (secondary N) is 1. The van der Waals surface area contributed by atoms with Gasteiger partial charge in [0.1, 0.15) is 23.1 Å². The molecule has 2 atom stereocenters. The fourth-order valence-electron chi connectivity index (χ4n) is 4.13. The van der Waals surface area contributed by atoms with E-state index in [-0.39, 0.29) is 43.4 Å². The van der Waals surface area contributed by atoms with Crippen molar-refractivity contribution < 1.29 is 32.9 Å². The van der Waals surface area contributed by atoms with Crippen LogP contribution in [0.25, 0.3) is 0 Å². The van der Waals surface area contributed by atoms with E-state index in [1.807, 2.05) is 18.7 Å². The molecule has 10 heteroatoms. The molecule has 0 radical (unpaired) electrons. The highest BCUT2D eigenvalue weighted by molar-refractivity contribution is 5.97. The van der Waals surface area contributed by atoms with E-state index in [4.69, 9.17) is 18.9 Å². The molecule has 2 saturated heterocycles. The van der Waals surface area contributed by atoms with Gasteiger partial charge in [0.15, 0.2) is 0 Å². The van der Waals surface area contributed by atoms with E-state index >= 15 is 0 Å². The number of alkyl halides is 1. The van der Waals surface area contributed by atoms with Gasteiger partial charge in [0.2, 0.25) is 5.88 Å². The topological polar surface area (TPSA) is 99.2 Å². The third-order valence-corrected chi connectivity index (χ3v) is 6.68. The molecule has 2 aliphatic heterocycles. The summed E-state index contributed by atoms with van der Waals surface area (Å²) in [5.74, 6) is -1.02. The van der Waals surface area contributed by atoms with Crippen LogP contribution < -0.4 is 15.0 Å². The van der Waals surface area contributed by atoms with Gasteiger partial charge in [-0.2, -0.15) is 0 Å². The molecule has 190 valence electrons. The maximum atomic E-state index is 14.2. The predicted molar refractivity (Wildman–Crippen MR) is 124 cm³/mol. The first-order chi connectivity index (χ1) is 16.4. The van der Waals surface area contributed by atoms with Crippen molar-refractivity contribution in [1.82, 2.24) is 10.3 Å². The van der Waals surface area contributed by atoms with Crippen molar-refractivity contribution in [3.63, 3.8) is 0 Å². The smallest absolute Gasteiger partial charge is 0.331 e. The van der Waals surface area contributed by atoms with E-state index in [1.54, 1.807) is 26.2 Å². The molecule has 2 fully saturated rings. The SMILES string of the molecule is CCOC(=O)C(CC)(CC)NC(=O)c1ccc(N2CC(OC)C2)c(OCC2CCOCC2F)n1. The second-order valence-electron chi connectivity index (χ2n) is 8.70. The van der Waals surface area contributed by atoms with Gasteiger partial charge >= 0.3 is 5.97 Å². The second kappa shape index (κ2) is 11.8. The number of esters is 1. The van der Waals surface area contributed by atoms with Crippen molar-refractivity contribution in [2.24, 2.45) is 5.92 Å². The minimum atomic E-state index is -1.14. The number of rotatable bonds is 11. The van der Waals surface area contributed by atoms with Crippen molar-refractivity contribution in [3.05, 3.63) is 17.8 Å². The molecule has 1 amide bonds. The lowest BCUT2D eigenvalue weighted by Crippen LogP contribution is -2.54. The van der Waals surface area contributed by atoms with Crippen LogP contribution in [0.3, 0.4) is 0 Å². The number of anilines is 1. The molecule has 34 heavy (non-hydrogen) atoms. The van der Waals surface area contributed by atoms with Crippen molar-refractivity contribution in [1.29, 1.82) is 0 Å². The monoisotopic (exact) mass is 481 g/mol. The molecule has 0 aromatic carbocycles. The molecule has 1 N–H and O–H groups in total. The zero-order chi connectivity index (χ0) is 24.7. The minimum Gasteiger partial charge on any atom is -0.476 e. The van der Waals surface area contributed by atoms with Gasteiger partial charge in [0, 0.05) is 32.7 Å². The Kier molecular flexibility index (Phi) is 9.07. The first kappa shape index (κ1) is 26.2. The van der Waals surface area contributed by atoms with Crippen LogP contribution in [0.2, 0.25) is 0 Å². The first-order valence-corrected chi connectivity index (χ1v) is 12.0. The van der Waals surface area contributed by atoms with Crippen molar-refractivity contribution in [2.75, 3.05) is 51.5 Å². The molecule has 0 spiro atoms. The Bertz CT molecular complexity index is 844. The molecule has 2 aliphatic rings. The minimum absolute atomic E-state index is 0.0579. The summed E-state index contributed by atoms with van der Waals surface area (Å²) in [5, 5.41) is 2.82. The number of hydrogen-bond acceptors (Lipinski definition) is 8. The maximum absolute atomic E-state index is 14.2. The van der Waals surface area contributed by atoms with Gasteiger partial charge in [-0.25, -0.2) is 14.2 Å². The standard InChI is InChI=1S/C24H36FN3O6/c1-5-24(6-2,23(30)33-7-3)27-21(29)19-8-9-20(28-12-17(13-28)31-4)22(26-19)34-14-16-10-11-32-15-18(16)25/h8-9,16-18H,5-7,10-15H2,1-4H3,(H,27,29). The molecule has 2 unspecified atom stereocenters. The Morgan fingerprint density at radius 3 is 2.62 bits per heavy atom. The third kappa shape index (κ3) is 5.78. The Morgan fingerprint density at radius 2 is 2.00 bits per heavy atom. The number of ether oxygens (including phenoxy) is 4. The van der Waals surface area contributed by atoms with Crippen LogP contribution in [0.5, 0.6) is 5.88 Å². The zero-order valence-electron chi connectivity index (χ0n) is 20.5. The van der Waals surface area contributed by atoms with Crippen molar-refractivity contribution in [2.45, 2.75) is 57.8 Å². The lowest BCUT2D eigenvalue weighted by molar-refractivity contribution is -0.151. The fraction of sp³-hybridized carbons (Fsp3) is 0.708. The van der Waals surface area contributed by atoms with Crippen LogP contribution in [-0.4, -0.2) is 81.3 Å². The van der Waals surface area contributed by atoms with E-state index in [2.05, 4.69) is 10.3 Å². The highest BCUT2D eigenvalue weighted by atomic mass is 19.1. The number of pyridine rings is 1. The number of carbonyl (C=O) groups excluding carboxylic acids is 2. The number of hydrogen-bond donors (Lipinski definition) is 1. The molecule has 1 aromatic rings. The van der Waals surface area contributed by atoms with Crippen LogP contribution in [-0.2, 0) is 19.0 Å². The molecule has 0 saturated carbocycles. The molecule has 9 nitrogen and oxygen atoms in total. The van der Waals surface area contributed by atoms with E-state index in [0.29, 0.717) is 39.0 Å². The summed E-state index contributed by atoms with van der Waals surface area (Å²) < 4.78 is 35.9. The van der Waals surface area contributed by atoms with Gasteiger partial charge in [-0.05, 0) is 38.3 Å². The quantitative estimate of drug-likeness (QED) is 0.482. The number of nitrogens with zero attached hydrogens (tertiary/aromatic N) is 2. The molecular weight excluding hydrogens is 445 g/mol. The highest BCUT2D eigenvalue weighted by Crippen LogP contribution is 2.32. The van der Waals surface area contributed by atoms with Crippen LogP contribution in [0.15, 0.2) is 12.1 Å². The average Bonchev–Trinajstić information content (AvgIpc) is 2.82. The molecule has 0 aliphatic carbocycles. The number of amides is 1. The molecule has 1 aromatic heterocycles. The van der Waals surface area contributed by atoms with Crippen LogP contribution in [0.4, 0.5) is 10.1 Å². The Balaban J connectivity index is 1.81. The van der Waals surface area contributed by atoms with Gasteiger partial charge in [0.25, 0.3) is 5.91 Å². The molecule has 3 rings (SSSR count). The van der Waals surface area contributed by atoms with Crippen molar-refractivity contribution in [3.8, 4) is 5.88 Å². The normalized spacial score (nSPS) is 21.0. The molecule has 3 heterocycles. The second-order valence-corrected chi connectivity index (χ2v) is 8.70. The number of halogens is 1. The van der Waals surface area contributed by atoms with Crippen LogP contribution >= 0.6 is 0 Å². The molecule has 0 bridgehead atoms. The summed E-state index contributed by atoms with van der Waals surface area (Å²) in [6.45, 7) is 7.61. The van der Waals surface area contributed by atoms with Crippen molar-refractivity contribution >= 4 is 17.6 Å². The van der Waals surface area contributed by atoms with Crippen LogP contribution in [0, 0.1) is 5.92 Å². The van der Waals surface area contributed by atoms with E-state index < -0.39 is 23.6 Å². The van der Waals surface area contributed by atoms with E-state index in [1.165, 1.54) is 0 Å². The van der Waals surface area contributed by atoms with E-state index in [9.17, 15) is 14.0 Å². The average molecular weight is 482 g/mol. The summed E-state index contributed by atoms with van der Waals surface area (Å²) in [5.41, 5.74) is -0.307. The van der Waals surface area contributed by atoms with Crippen LogP contribution in [0.1, 0.15) is 50.5 Å². The van der Waals surface area contributed by atoms with Gasteiger partial charge in [-0.1, -0.05) is 13.8 Å².